The van der Waals surface area contributed by atoms with Crippen molar-refractivity contribution in [1.82, 2.24) is 15.1 Å². The predicted octanol–water partition coefficient (Wildman–Crippen LogP) is 1.98. The van der Waals surface area contributed by atoms with Crippen molar-refractivity contribution in [2.45, 2.75) is 19.4 Å². The van der Waals surface area contributed by atoms with Crippen LogP contribution in [0.15, 0.2) is 22.9 Å². The molecule has 2 N–H and O–H groups in total. The Kier molecular flexibility index (Phi) is 2.65. The minimum atomic E-state index is -0.631. The molecular weight excluding hydrogens is 228 g/mol. The monoisotopic (exact) mass is 238 g/mol. The van der Waals surface area contributed by atoms with Gasteiger partial charge in [-0.2, -0.15) is 4.98 Å². The molecule has 0 bridgehead atoms. The highest BCUT2D eigenvalue weighted by atomic mass is 35.5. The Morgan fingerprint density at radius 3 is 2.62 bits per heavy atom. The lowest BCUT2D eigenvalue weighted by Crippen LogP contribution is -2.30. The molecule has 0 radical (unpaired) electrons. The Bertz CT molecular complexity index is 486. The van der Waals surface area contributed by atoms with E-state index in [0.717, 1.165) is 0 Å². The van der Waals surface area contributed by atoms with E-state index in [1.54, 1.807) is 26.0 Å². The number of pyridine rings is 1. The Morgan fingerprint density at radius 2 is 2.12 bits per heavy atom. The van der Waals surface area contributed by atoms with Crippen LogP contribution in [0.25, 0.3) is 11.6 Å². The van der Waals surface area contributed by atoms with Crippen molar-refractivity contribution >= 4 is 11.6 Å². The van der Waals surface area contributed by atoms with Gasteiger partial charge in [0.25, 0.3) is 5.89 Å². The summed E-state index contributed by atoms with van der Waals surface area (Å²) in [4.78, 5) is 8.25. The second kappa shape index (κ2) is 3.84. The van der Waals surface area contributed by atoms with Crippen molar-refractivity contribution in [2.75, 3.05) is 0 Å². The molecule has 6 heteroatoms. The third-order valence-electron chi connectivity index (χ3n) is 1.95. The van der Waals surface area contributed by atoms with Crippen LogP contribution in [-0.4, -0.2) is 15.1 Å². The zero-order valence-corrected chi connectivity index (χ0v) is 9.69. The van der Waals surface area contributed by atoms with Gasteiger partial charge in [-0.1, -0.05) is 16.8 Å². The molecule has 2 rings (SSSR count). The van der Waals surface area contributed by atoms with Crippen molar-refractivity contribution in [3.05, 3.63) is 29.2 Å². The zero-order valence-electron chi connectivity index (χ0n) is 8.94. The molecule has 0 aromatic carbocycles. The maximum atomic E-state index is 5.85. The van der Waals surface area contributed by atoms with E-state index in [2.05, 4.69) is 15.1 Å². The molecule has 0 fully saturated rings. The quantitative estimate of drug-likeness (QED) is 0.866. The highest BCUT2D eigenvalue weighted by Gasteiger charge is 2.22. The van der Waals surface area contributed by atoms with Crippen molar-refractivity contribution in [1.29, 1.82) is 0 Å². The maximum absolute atomic E-state index is 5.85. The average molecular weight is 239 g/mol. The van der Waals surface area contributed by atoms with Gasteiger partial charge in [-0.3, -0.25) is 0 Å². The minimum absolute atomic E-state index is 0.338. The van der Waals surface area contributed by atoms with Crippen LogP contribution in [0.5, 0.6) is 0 Å². The lowest BCUT2D eigenvalue weighted by molar-refractivity contribution is 0.396. The third-order valence-corrected chi connectivity index (χ3v) is 2.17. The summed E-state index contributed by atoms with van der Waals surface area (Å²) >= 11 is 5.73. The number of hydrogen-bond acceptors (Lipinski definition) is 5. The van der Waals surface area contributed by atoms with Gasteiger partial charge in [0.05, 0.1) is 10.6 Å². The molecule has 2 aromatic rings. The molecule has 0 saturated carbocycles. The number of rotatable bonds is 2. The van der Waals surface area contributed by atoms with Crippen molar-refractivity contribution in [2.24, 2.45) is 5.73 Å². The fourth-order valence-corrected chi connectivity index (χ4v) is 1.20. The summed E-state index contributed by atoms with van der Waals surface area (Å²) in [7, 11) is 0. The molecule has 0 aliphatic heterocycles. The molecule has 0 saturated heterocycles. The molecule has 0 spiro atoms. The highest BCUT2D eigenvalue weighted by molar-refractivity contribution is 6.30. The standard InChI is InChI=1S/C10H11ClN4O/c1-10(2,12)9-14-8(16-15-9)7-4-3-6(11)5-13-7/h3-5H,12H2,1-2H3. The van der Waals surface area contributed by atoms with E-state index in [9.17, 15) is 0 Å². The fraction of sp³-hybridized carbons (Fsp3) is 0.300. The van der Waals surface area contributed by atoms with Gasteiger partial charge in [-0.05, 0) is 26.0 Å². The average Bonchev–Trinajstić information content (AvgIpc) is 2.67. The normalized spacial score (nSPS) is 11.8. The molecule has 16 heavy (non-hydrogen) atoms. The van der Waals surface area contributed by atoms with Crippen LogP contribution in [0, 0.1) is 0 Å². The molecule has 0 amide bonds. The molecule has 84 valence electrons. The van der Waals surface area contributed by atoms with Crippen LogP contribution in [0.1, 0.15) is 19.7 Å². The van der Waals surface area contributed by atoms with E-state index in [1.165, 1.54) is 6.20 Å². The van der Waals surface area contributed by atoms with E-state index >= 15 is 0 Å². The van der Waals surface area contributed by atoms with Crippen LogP contribution in [0.4, 0.5) is 0 Å². The highest BCUT2D eigenvalue weighted by Crippen LogP contribution is 2.20. The first-order valence-electron chi connectivity index (χ1n) is 4.72. The number of halogens is 1. The van der Waals surface area contributed by atoms with Gasteiger partial charge >= 0.3 is 0 Å². The van der Waals surface area contributed by atoms with E-state index in [4.69, 9.17) is 21.9 Å². The van der Waals surface area contributed by atoms with Gasteiger partial charge in [0, 0.05) is 6.20 Å². The van der Waals surface area contributed by atoms with Gasteiger partial charge in [-0.25, -0.2) is 4.98 Å². The summed E-state index contributed by atoms with van der Waals surface area (Å²) in [6.45, 7) is 3.61. The third kappa shape index (κ3) is 2.20. The van der Waals surface area contributed by atoms with Crippen LogP contribution < -0.4 is 5.73 Å². The topological polar surface area (TPSA) is 77.8 Å². The van der Waals surface area contributed by atoms with Crippen molar-refractivity contribution in [3.8, 4) is 11.6 Å². The van der Waals surface area contributed by atoms with Crippen molar-refractivity contribution in [3.63, 3.8) is 0 Å². The largest absolute Gasteiger partial charge is 0.332 e. The maximum Gasteiger partial charge on any atom is 0.276 e. The van der Waals surface area contributed by atoms with Crippen LogP contribution in [0.2, 0.25) is 5.02 Å². The minimum Gasteiger partial charge on any atom is -0.332 e. The molecular formula is C10H11ClN4O. The van der Waals surface area contributed by atoms with E-state index in [1.807, 2.05) is 0 Å². The van der Waals surface area contributed by atoms with E-state index < -0.39 is 5.54 Å². The van der Waals surface area contributed by atoms with Crippen LogP contribution in [-0.2, 0) is 5.54 Å². The summed E-state index contributed by atoms with van der Waals surface area (Å²) < 4.78 is 5.07. The first-order valence-corrected chi connectivity index (χ1v) is 5.09. The summed E-state index contributed by atoms with van der Waals surface area (Å²) in [5, 5.41) is 4.36. The first-order chi connectivity index (χ1) is 7.47. The predicted molar refractivity (Wildman–Crippen MR) is 59.8 cm³/mol. The lowest BCUT2D eigenvalue weighted by Gasteiger charge is -2.11. The van der Waals surface area contributed by atoms with E-state index in [-0.39, 0.29) is 0 Å². The molecule has 2 heterocycles. The molecule has 0 unspecified atom stereocenters. The fourth-order valence-electron chi connectivity index (χ4n) is 1.09. The summed E-state index contributed by atoms with van der Waals surface area (Å²) in [6.07, 6.45) is 1.52. The Hall–Kier alpha value is -1.46. The van der Waals surface area contributed by atoms with E-state index in [0.29, 0.717) is 22.4 Å². The number of nitrogens with two attached hydrogens (primary N) is 1. The summed E-state index contributed by atoms with van der Waals surface area (Å²) in [6, 6.07) is 3.42. The van der Waals surface area contributed by atoms with Gasteiger partial charge in [0.2, 0.25) is 0 Å². The SMILES string of the molecule is CC(C)(N)c1noc(-c2ccc(Cl)cn2)n1. The van der Waals surface area contributed by atoms with Gasteiger partial charge in [0.1, 0.15) is 5.69 Å². The van der Waals surface area contributed by atoms with Gasteiger partial charge in [0.15, 0.2) is 5.82 Å². The Morgan fingerprint density at radius 1 is 1.38 bits per heavy atom. The van der Waals surface area contributed by atoms with Gasteiger partial charge in [-0.15, -0.1) is 0 Å². The Labute approximate surface area is 97.6 Å². The van der Waals surface area contributed by atoms with Crippen LogP contribution in [0.3, 0.4) is 0 Å². The summed E-state index contributed by atoms with van der Waals surface area (Å²) in [5.74, 6) is 0.782. The Balaban J connectivity index is 2.35. The second-order valence-corrected chi connectivity index (χ2v) is 4.44. The number of aromatic nitrogens is 3. The molecule has 2 aromatic heterocycles. The van der Waals surface area contributed by atoms with Gasteiger partial charge < -0.3 is 10.3 Å². The smallest absolute Gasteiger partial charge is 0.276 e. The molecule has 0 aliphatic rings. The molecule has 0 atom stereocenters. The first kappa shape index (κ1) is 11.0. The number of nitrogens with zero attached hydrogens (tertiary/aromatic N) is 3. The summed E-state index contributed by atoms with van der Waals surface area (Å²) in [5.41, 5.74) is 5.79. The lowest BCUT2D eigenvalue weighted by atomic mass is 10.1. The molecule has 0 aliphatic carbocycles. The molecule has 5 nitrogen and oxygen atoms in total. The number of hydrogen-bond donors (Lipinski definition) is 1. The second-order valence-electron chi connectivity index (χ2n) is 4.01. The van der Waals surface area contributed by atoms with Crippen LogP contribution >= 0.6 is 11.6 Å². The zero-order chi connectivity index (χ0) is 11.8. The van der Waals surface area contributed by atoms with Crippen molar-refractivity contribution < 1.29 is 4.52 Å².